The topological polar surface area (TPSA) is 172 Å². The monoisotopic (exact) mass is 500 g/mol. The summed E-state index contributed by atoms with van der Waals surface area (Å²) in [5.41, 5.74) is 6.14. The van der Waals surface area contributed by atoms with Gasteiger partial charge in [-0.25, -0.2) is 9.78 Å². The van der Waals surface area contributed by atoms with Crippen molar-refractivity contribution >= 4 is 69.1 Å². The van der Waals surface area contributed by atoms with Crippen LogP contribution < -0.4 is 11.1 Å². The molecule has 0 saturated carbocycles. The van der Waals surface area contributed by atoms with Crippen LogP contribution in [0.2, 0.25) is 0 Å². The van der Waals surface area contributed by atoms with Gasteiger partial charge in [-0.05, 0) is 12.5 Å². The highest BCUT2D eigenvalue weighted by Crippen LogP contribution is 2.42. The SMILES string of the molecule is Cc1nnc(SCC2=C(C(=O)O)N3C(=O)[C@@H](NC(=O)C(O)c4csc(N)n4)[C@H]3SC2)s1. The molecular weight excluding hydrogens is 484 g/mol. The van der Waals surface area contributed by atoms with Gasteiger partial charge in [-0.1, -0.05) is 23.1 Å². The second-order valence-corrected chi connectivity index (χ2v) is 10.9. The molecule has 1 saturated heterocycles. The van der Waals surface area contributed by atoms with Crippen LogP contribution in [0.5, 0.6) is 0 Å². The number of amides is 2. The Hall–Kier alpha value is -2.20. The Kier molecular flexibility index (Phi) is 6.20. The normalized spacial score (nSPS) is 21.5. The number of rotatable bonds is 7. The molecule has 4 rings (SSSR count). The van der Waals surface area contributed by atoms with E-state index in [9.17, 15) is 24.6 Å². The fourth-order valence-corrected chi connectivity index (χ4v) is 6.95. The molecule has 31 heavy (non-hydrogen) atoms. The highest BCUT2D eigenvalue weighted by molar-refractivity contribution is 8.01. The second-order valence-electron chi connectivity index (χ2n) is 6.54. The Morgan fingerprint density at radius 2 is 2.23 bits per heavy atom. The third-order valence-electron chi connectivity index (χ3n) is 4.49. The maximum Gasteiger partial charge on any atom is 0.352 e. The van der Waals surface area contributed by atoms with Crippen LogP contribution in [0.4, 0.5) is 5.13 Å². The van der Waals surface area contributed by atoms with E-state index in [0.29, 0.717) is 17.1 Å². The van der Waals surface area contributed by atoms with Crippen molar-refractivity contribution in [3.63, 3.8) is 0 Å². The number of carboxylic acid groups (broad SMARTS) is 1. The predicted molar refractivity (Wildman–Crippen MR) is 117 cm³/mol. The quantitative estimate of drug-likeness (QED) is 0.307. The molecule has 0 aliphatic carbocycles. The molecule has 4 heterocycles. The minimum atomic E-state index is -1.57. The average molecular weight is 501 g/mol. The first kappa shape index (κ1) is 22.0. The lowest BCUT2D eigenvalue weighted by atomic mass is 10.0. The molecule has 15 heteroatoms. The summed E-state index contributed by atoms with van der Waals surface area (Å²) in [6.07, 6.45) is -1.57. The summed E-state index contributed by atoms with van der Waals surface area (Å²) in [4.78, 5) is 42.0. The van der Waals surface area contributed by atoms with E-state index >= 15 is 0 Å². The lowest BCUT2D eigenvalue weighted by Crippen LogP contribution is -2.70. The van der Waals surface area contributed by atoms with Crippen molar-refractivity contribution in [3.05, 3.63) is 27.4 Å². The van der Waals surface area contributed by atoms with Crippen molar-refractivity contribution in [1.29, 1.82) is 0 Å². The number of carbonyl (C=O) groups excluding carboxylic acids is 2. The molecule has 2 aliphatic rings. The van der Waals surface area contributed by atoms with Crippen molar-refractivity contribution in [2.24, 2.45) is 0 Å². The van der Waals surface area contributed by atoms with Crippen LogP contribution in [-0.2, 0) is 14.4 Å². The van der Waals surface area contributed by atoms with Crippen LogP contribution in [0, 0.1) is 6.92 Å². The lowest BCUT2D eigenvalue weighted by molar-refractivity contribution is -0.151. The van der Waals surface area contributed by atoms with Crippen LogP contribution in [-0.4, -0.2) is 71.0 Å². The molecule has 0 spiro atoms. The first-order chi connectivity index (χ1) is 14.8. The molecule has 1 unspecified atom stereocenters. The zero-order valence-electron chi connectivity index (χ0n) is 15.8. The highest BCUT2D eigenvalue weighted by Gasteiger charge is 2.54. The molecule has 2 amide bonds. The standard InChI is InChI=1S/C16H16N6O5S4/c1-5-20-21-16(31-5)30-3-6-2-28-13-8(12(25)22(13)9(6)14(26)27)19-11(24)10(23)7-4-29-15(17)18-7/h4,8,10,13,23H,2-3H2,1H3,(H2,17,18)(H,19,24)(H,26,27)/t8-,10?,13-/m1/s1. The van der Waals surface area contributed by atoms with E-state index in [1.165, 1.54) is 45.1 Å². The number of aliphatic hydroxyl groups excluding tert-OH is 1. The highest BCUT2D eigenvalue weighted by atomic mass is 32.2. The number of nitrogens with zero attached hydrogens (tertiary/aromatic N) is 4. The van der Waals surface area contributed by atoms with Crippen LogP contribution in [0.1, 0.15) is 16.8 Å². The number of anilines is 1. The molecule has 2 aromatic heterocycles. The second kappa shape index (κ2) is 8.74. The number of carboxylic acids is 1. The van der Waals surface area contributed by atoms with E-state index in [2.05, 4.69) is 20.5 Å². The summed E-state index contributed by atoms with van der Waals surface area (Å²) in [6.45, 7) is 1.83. The van der Waals surface area contributed by atoms with Gasteiger partial charge in [-0.3, -0.25) is 14.5 Å². The molecule has 0 radical (unpaired) electrons. The zero-order valence-corrected chi connectivity index (χ0v) is 19.1. The maximum atomic E-state index is 12.7. The Bertz CT molecular complexity index is 1080. The molecular formula is C16H16N6O5S4. The van der Waals surface area contributed by atoms with Crippen molar-refractivity contribution in [2.75, 3.05) is 17.2 Å². The summed E-state index contributed by atoms with van der Waals surface area (Å²) < 4.78 is 0.721. The summed E-state index contributed by atoms with van der Waals surface area (Å²) in [5, 5.41) is 32.2. The third kappa shape index (κ3) is 4.27. The average Bonchev–Trinajstić information content (AvgIpc) is 3.36. The van der Waals surface area contributed by atoms with Crippen LogP contribution in [0.3, 0.4) is 0 Å². The lowest BCUT2D eigenvalue weighted by Gasteiger charge is -2.49. The summed E-state index contributed by atoms with van der Waals surface area (Å²) >= 11 is 5.22. The molecule has 11 nitrogen and oxygen atoms in total. The molecule has 0 aromatic carbocycles. The van der Waals surface area contributed by atoms with E-state index in [-0.39, 0.29) is 16.5 Å². The Balaban J connectivity index is 1.45. The molecule has 1 fully saturated rings. The Morgan fingerprint density at radius 1 is 1.45 bits per heavy atom. The Morgan fingerprint density at radius 3 is 2.84 bits per heavy atom. The smallest absolute Gasteiger partial charge is 0.352 e. The summed E-state index contributed by atoms with van der Waals surface area (Å²) in [7, 11) is 0. The molecule has 5 N–H and O–H groups in total. The van der Waals surface area contributed by atoms with Gasteiger partial charge >= 0.3 is 5.97 Å². The number of aliphatic hydroxyl groups is 1. The zero-order chi connectivity index (χ0) is 22.3. The first-order valence-electron chi connectivity index (χ1n) is 8.78. The van der Waals surface area contributed by atoms with E-state index < -0.39 is 35.3 Å². The van der Waals surface area contributed by atoms with Gasteiger partial charge in [-0.2, -0.15) is 0 Å². The number of nitrogens with two attached hydrogens (primary N) is 1. The molecule has 164 valence electrons. The molecule has 3 atom stereocenters. The van der Waals surface area contributed by atoms with Gasteiger partial charge in [0.2, 0.25) is 0 Å². The van der Waals surface area contributed by atoms with Gasteiger partial charge in [0.25, 0.3) is 11.8 Å². The number of nitrogens with one attached hydrogen (secondary N) is 1. The maximum absolute atomic E-state index is 12.7. The van der Waals surface area contributed by atoms with Crippen LogP contribution in [0.15, 0.2) is 21.0 Å². The number of aliphatic carboxylic acids is 1. The summed E-state index contributed by atoms with van der Waals surface area (Å²) in [6, 6.07) is -0.933. The number of thiazole rings is 1. The van der Waals surface area contributed by atoms with Crippen molar-refractivity contribution < 1.29 is 24.6 Å². The first-order valence-corrected chi connectivity index (χ1v) is 12.5. The number of nitrogen functional groups attached to an aromatic ring is 1. The van der Waals surface area contributed by atoms with E-state index in [1.54, 1.807) is 0 Å². The van der Waals surface area contributed by atoms with E-state index in [1.807, 2.05) is 6.92 Å². The molecule has 0 bridgehead atoms. The Labute approximate surface area is 192 Å². The number of β-lactam (4-membered cyclic amide) rings is 1. The van der Waals surface area contributed by atoms with Gasteiger partial charge in [0.05, 0.1) is 5.69 Å². The number of thioether (sulfide) groups is 2. The number of aromatic nitrogens is 3. The van der Waals surface area contributed by atoms with Gasteiger partial charge in [0.1, 0.15) is 22.1 Å². The van der Waals surface area contributed by atoms with Crippen molar-refractivity contribution in [3.8, 4) is 0 Å². The van der Waals surface area contributed by atoms with Gasteiger partial charge in [0, 0.05) is 16.9 Å². The number of fused-ring (bicyclic) bond motifs is 1. The summed E-state index contributed by atoms with van der Waals surface area (Å²) in [5.74, 6) is -1.79. The predicted octanol–water partition coefficient (Wildman–Crippen LogP) is 0.450. The third-order valence-corrected chi connectivity index (χ3v) is 8.58. The minimum absolute atomic E-state index is 0.0687. The van der Waals surface area contributed by atoms with E-state index in [4.69, 9.17) is 5.73 Å². The van der Waals surface area contributed by atoms with Gasteiger partial charge < -0.3 is 21.3 Å². The largest absolute Gasteiger partial charge is 0.477 e. The van der Waals surface area contributed by atoms with Crippen LogP contribution in [0.25, 0.3) is 0 Å². The fourth-order valence-electron chi connectivity index (χ4n) is 3.07. The van der Waals surface area contributed by atoms with Crippen molar-refractivity contribution in [1.82, 2.24) is 25.4 Å². The van der Waals surface area contributed by atoms with Gasteiger partial charge in [-0.15, -0.1) is 33.3 Å². The molecule has 2 aromatic rings. The van der Waals surface area contributed by atoms with Gasteiger partial charge in [0.15, 0.2) is 15.6 Å². The number of aryl methyl sites for hydroxylation is 1. The van der Waals surface area contributed by atoms with E-state index in [0.717, 1.165) is 20.7 Å². The minimum Gasteiger partial charge on any atom is -0.477 e. The van der Waals surface area contributed by atoms with Crippen LogP contribution >= 0.6 is 46.2 Å². The fraction of sp³-hybridized carbons (Fsp3) is 0.375. The van der Waals surface area contributed by atoms with Crippen molar-refractivity contribution in [2.45, 2.75) is 28.8 Å². The number of hydrogen-bond donors (Lipinski definition) is 4. The number of hydrogen-bond acceptors (Lipinski definition) is 12. The number of carbonyl (C=O) groups is 3. The molecule has 2 aliphatic heterocycles.